The monoisotopic (exact) mass is 647 g/mol. The second-order valence-electron chi connectivity index (χ2n) is 11.6. The average Bonchev–Trinajstić information content (AvgIpc) is 3.18. The summed E-state index contributed by atoms with van der Waals surface area (Å²) >= 11 is 0. The molecule has 8 rings (SSSR count). The fourth-order valence-corrected chi connectivity index (χ4v) is 5.60. The van der Waals surface area contributed by atoms with Crippen LogP contribution in [0.25, 0.3) is 79.7 Å². The van der Waals surface area contributed by atoms with Gasteiger partial charge in [0, 0.05) is 38.9 Å². The third kappa shape index (κ3) is 6.48. The van der Waals surface area contributed by atoms with Crippen molar-refractivity contribution in [2.24, 2.45) is 0 Å². The van der Waals surface area contributed by atoms with Gasteiger partial charge in [-0.15, -0.1) is 0 Å². The van der Waals surface area contributed by atoms with Crippen LogP contribution < -0.4 is 0 Å². The van der Waals surface area contributed by atoms with Crippen LogP contribution in [0.2, 0.25) is 0 Å². The summed E-state index contributed by atoms with van der Waals surface area (Å²) in [6, 6.07) is 45.7. The SMILES string of the molecule is Cc1nc(C)nc(-c2cccc(-c3nc(-c4ccccc4)nc(-c4ccc(-c5nc(-c6ccccc6)nc(-c6ccccc6)n5)cc4)n3)c2)n1. The largest absolute Gasteiger partial charge is 0.219 e. The fourth-order valence-electron chi connectivity index (χ4n) is 5.60. The fraction of sp³-hybridized carbons (Fsp3) is 0.0488. The van der Waals surface area contributed by atoms with Gasteiger partial charge in [0.15, 0.2) is 40.8 Å². The van der Waals surface area contributed by atoms with E-state index in [1.807, 2.05) is 153 Å². The van der Waals surface area contributed by atoms with Crippen LogP contribution in [-0.4, -0.2) is 44.9 Å². The summed E-state index contributed by atoms with van der Waals surface area (Å²) in [4.78, 5) is 42.8. The first-order chi connectivity index (χ1) is 24.6. The third-order valence-electron chi connectivity index (χ3n) is 8.01. The molecule has 50 heavy (non-hydrogen) atoms. The van der Waals surface area contributed by atoms with Crippen molar-refractivity contribution in [1.29, 1.82) is 0 Å². The van der Waals surface area contributed by atoms with E-state index in [1.165, 1.54) is 0 Å². The number of hydrogen-bond donors (Lipinski definition) is 0. The van der Waals surface area contributed by atoms with Crippen LogP contribution in [-0.2, 0) is 0 Å². The lowest BCUT2D eigenvalue weighted by atomic mass is 10.1. The van der Waals surface area contributed by atoms with Crippen LogP contribution >= 0.6 is 0 Å². The third-order valence-corrected chi connectivity index (χ3v) is 8.01. The van der Waals surface area contributed by atoms with E-state index in [9.17, 15) is 0 Å². The van der Waals surface area contributed by atoms with Gasteiger partial charge in [0.1, 0.15) is 11.6 Å². The molecule has 5 aromatic carbocycles. The van der Waals surface area contributed by atoms with E-state index >= 15 is 0 Å². The highest BCUT2D eigenvalue weighted by Gasteiger charge is 2.16. The van der Waals surface area contributed by atoms with Crippen LogP contribution in [0.4, 0.5) is 0 Å². The van der Waals surface area contributed by atoms with Gasteiger partial charge in [0.2, 0.25) is 0 Å². The summed E-state index contributed by atoms with van der Waals surface area (Å²) in [6.45, 7) is 3.73. The molecule has 3 aromatic heterocycles. The maximum absolute atomic E-state index is 4.96. The lowest BCUT2D eigenvalue weighted by Crippen LogP contribution is -2.02. The zero-order chi connectivity index (χ0) is 33.9. The molecule has 0 saturated carbocycles. The highest BCUT2D eigenvalue weighted by Crippen LogP contribution is 2.29. The molecule has 0 atom stereocenters. The Kier molecular flexibility index (Phi) is 8.12. The molecule has 0 N–H and O–H groups in total. The van der Waals surface area contributed by atoms with E-state index in [2.05, 4.69) is 15.0 Å². The minimum atomic E-state index is 0.541. The Labute approximate surface area is 289 Å². The Balaban J connectivity index is 1.20. The smallest absolute Gasteiger partial charge is 0.164 e. The van der Waals surface area contributed by atoms with Gasteiger partial charge >= 0.3 is 0 Å². The quantitative estimate of drug-likeness (QED) is 0.168. The Morgan fingerprint density at radius 3 is 0.840 bits per heavy atom. The zero-order valence-corrected chi connectivity index (χ0v) is 27.3. The number of benzene rings is 5. The van der Waals surface area contributed by atoms with E-state index in [0.29, 0.717) is 52.4 Å². The van der Waals surface area contributed by atoms with Crippen LogP contribution in [0.3, 0.4) is 0 Å². The standard InChI is InChI=1S/C41H29N9/c1-26-42-27(2)44-40(43-26)33-19-12-20-34(25-33)41-49-37(30-17-10-5-11-18-30)48-39(50-41)32-23-21-31(22-24-32)38-46-35(28-13-6-3-7-14-28)45-36(47-38)29-15-8-4-9-16-29/h3-25H,1-2H3. The van der Waals surface area contributed by atoms with Gasteiger partial charge in [-0.1, -0.05) is 133 Å². The van der Waals surface area contributed by atoms with Gasteiger partial charge in [-0.3, -0.25) is 0 Å². The van der Waals surface area contributed by atoms with Crippen molar-refractivity contribution < 1.29 is 0 Å². The maximum atomic E-state index is 4.96. The lowest BCUT2D eigenvalue weighted by molar-refractivity contribution is 0.928. The summed E-state index contributed by atoms with van der Waals surface area (Å²) in [5, 5.41) is 0. The normalized spacial score (nSPS) is 11.0. The molecule has 3 heterocycles. The van der Waals surface area contributed by atoms with Crippen molar-refractivity contribution in [2.75, 3.05) is 0 Å². The van der Waals surface area contributed by atoms with Crippen molar-refractivity contribution in [3.8, 4) is 79.7 Å². The second-order valence-corrected chi connectivity index (χ2v) is 11.6. The summed E-state index contributed by atoms with van der Waals surface area (Å²) in [5.41, 5.74) is 6.07. The lowest BCUT2D eigenvalue weighted by Gasteiger charge is -2.10. The molecule has 0 aliphatic heterocycles. The molecular formula is C41H29N9. The van der Waals surface area contributed by atoms with E-state index in [-0.39, 0.29) is 0 Å². The number of aromatic nitrogens is 9. The molecule has 238 valence electrons. The van der Waals surface area contributed by atoms with Crippen molar-refractivity contribution in [1.82, 2.24) is 44.9 Å². The highest BCUT2D eigenvalue weighted by atomic mass is 15.0. The second kappa shape index (κ2) is 13.3. The topological polar surface area (TPSA) is 116 Å². The number of rotatable bonds is 7. The molecule has 9 heteroatoms. The van der Waals surface area contributed by atoms with Crippen LogP contribution in [0, 0.1) is 13.8 Å². The van der Waals surface area contributed by atoms with Gasteiger partial charge in [-0.25, -0.2) is 44.9 Å². The first-order valence-corrected chi connectivity index (χ1v) is 16.1. The Hall–Kier alpha value is -6.87. The Morgan fingerprint density at radius 1 is 0.240 bits per heavy atom. The molecule has 0 bridgehead atoms. The number of aryl methyl sites for hydroxylation is 2. The van der Waals surface area contributed by atoms with Crippen molar-refractivity contribution in [3.05, 3.63) is 151 Å². The Morgan fingerprint density at radius 2 is 0.500 bits per heavy atom. The molecule has 0 fully saturated rings. The van der Waals surface area contributed by atoms with Crippen LogP contribution in [0.15, 0.2) is 140 Å². The molecular weight excluding hydrogens is 619 g/mol. The van der Waals surface area contributed by atoms with E-state index in [1.54, 1.807) is 0 Å². The average molecular weight is 648 g/mol. The van der Waals surface area contributed by atoms with Crippen molar-refractivity contribution in [3.63, 3.8) is 0 Å². The first kappa shape index (κ1) is 30.5. The molecule has 0 unspecified atom stereocenters. The summed E-state index contributed by atoms with van der Waals surface area (Å²) < 4.78 is 0. The first-order valence-electron chi connectivity index (χ1n) is 16.1. The van der Waals surface area contributed by atoms with Crippen molar-refractivity contribution >= 4 is 0 Å². The van der Waals surface area contributed by atoms with Gasteiger partial charge in [0.25, 0.3) is 0 Å². The minimum absolute atomic E-state index is 0.541. The van der Waals surface area contributed by atoms with Crippen LogP contribution in [0.1, 0.15) is 11.6 Å². The molecule has 0 saturated heterocycles. The van der Waals surface area contributed by atoms with E-state index < -0.39 is 0 Å². The summed E-state index contributed by atoms with van der Waals surface area (Å²) in [6.07, 6.45) is 0. The molecule has 0 amide bonds. The van der Waals surface area contributed by atoms with Crippen LogP contribution in [0.5, 0.6) is 0 Å². The van der Waals surface area contributed by atoms with Gasteiger partial charge < -0.3 is 0 Å². The predicted octanol–water partition coefficient (Wildman–Crippen LogP) is 8.53. The van der Waals surface area contributed by atoms with Crippen molar-refractivity contribution in [2.45, 2.75) is 13.8 Å². The molecule has 8 aromatic rings. The number of nitrogens with zero attached hydrogens (tertiary/aromatic N) is 9. The highest BCUT2D eigenvalue weighted by molar-refractivity contribution is 5.72. The molecule has 9 nitrogen and oxygen atoms in total. The van der Waals surface area contributed by atoms with Gasteiger partial charge in [0.05, 0.1) is 0 Å². The number of hydrogen-bond acceptors (Lipinski definition) is 9. The van der Waals surface area contributed by atoms with E-state index in [4.69, 9.17) is 29.9 Å². The Bertz CT molecular complexity index is 2360. The zero-order valence-electron chi connectivity index (χ0n) is 27.3. The molecule has 0 spiro atoms. The predicted molar refractivity (Wildman–Crippen MR) is 194 cm³/mol. The van der Waals surface area contributed by atoms with E-state index in [0.717, 1.165) is 38.9 Å². The summed E-state index contributed by atoms with van der Waals surface area (Å²) in [5.74, 6) is 5.39. The molecule has 0 aliphatic rings. The molecule has 0 aliphatic carbocycles. The summed E-state index contributed by atoms with van der Waals surface area (Å²) in [7, 11) is 0. The van der Waals surface area contributed by atoms with Gasteiger partial charge in [-0.2, -0.15) is 0 Å². The maximum Gasteiger partial charge on any atom is 0.164 e. The molecule has 0 radical (unpaired) electrons. The van der Waals surface area contributed by atoms with Gasteiger partial charge in [-0.05, 0) is 19.9 Å². The minimum Gasteiger partial charge on any atom is -0.219 e.